The molecule has 0 aromatic heterocycles. The molecule has 0 saturated carbocycles. The van der Waals surface area contributed by atoms with Crippen LogP contribution in [0.25, 0.3) is 10.8 Å². The molecule has 1 fully saturated rings. The summed E-state index contributed by atoms with van der Waals surface area (Å²) in [6.45, 7) is 0.381. The Bertz CT molecular complexity index is 762. The van der Waals surface area contributed by atoms with Crippen molar-refractivity contribution in [3.63, 3.8) is 0 Å². The van der Waals surface area contributed by atoms with Crippen molar-refractivity contribution in [2.75, 3.05) is 0 Å². The molecule has 1 saturated heterocycles. The van der Waals surface area contributed by atoms with E-state index in [-0.39, 0.29) is 23.7 Å². The maximum absolute atomic E-state index is 12.6. The molecule has 0 radical (unpaired) electrons. The maximum atomic E-state index is 12.6. The van der Waals surface area contributed by atoms with E-state index in [9.17, 15) is 9.59 Å². The molecule has 2 unspecified atom stereocenters. The Kier molecular flexibility index (Phi) is 3.07. The second-order valence-corrected chi connectivity index (χ2v) is 6.06. The van der Waals surface area contributed by atoms with Gasteiger partial charge in [-0.15, -0.1) is 0 Å². The Morgan fingerprint density at radius 2 is 1.50 bits per heavy atom. The van der Waals surface area contributed by atoms with Gasteiger partial charge in [0.15, 0.2) is 0 Å². The van der Waals surface area contributed by atoms with Crippen LogP contribution in [0.4, 0.5) is 0 Å². The molecule has 2 amide bonds. The van der Waals surface area contributed by atoms with Crippen LogP contribution in [0.15, 0.2) is 54.6 Å². The van der Waals surface area contributed by atoms with E-state index in [1.807, 2.05) is 42.5 Å². The number of amides is 2. The van der Waals surface area contributed by atoms with Crippen LogP contribution in [-0.4, -0.2) is 16.7 Å². The zero-order valence-electron chi connectivity index (χ0n) is 12.2. The lowest BCUT2D eigenvalue weighted by Crippen LogP contribution is -2.30. The summed E-state index contributed by atoms with van der Waals surface area (Å²) >= 11 is 0. The molecular weight excluding hydrogens is 274 g/mol. The molecule has 0 spiro atoms. The minimum Gasteiger partial charge on any atom is -0.278 e. The third kappa shape index (κ3) is 1.97. The summed E-state index contributed by atoms with van der Waals surface area (Å²) in [6, 6.07) is 14.1. The summed E-state index contributed by atoms with van der Waals surface area (Å²) in [7, 11) is 0. The summed E-state index contributed by atoms with van der Waals surface area (Å²) in [5, 5.41) is 2.25. The standard InChI is InChI=1S/C19H17NO2/c21-18-16-10-3-4-11-17(16)19(22)20(18)12-14-8-5-7-13-6-1-2-9-15(13)14/h1-9,16-17H,10-12H2. The third-order valence-electron chi connectivity index (χ3n) is 4.81. The number of hydrogen-bond acceptors (Lipinski definition) is 2. The predicted octanol–water partition coefficient (Wildman–Crippen LogP) is 3.29. The SMILES string of the molecule is O=C1C2CC=CCC2C(=O)N1Cc1cccc2ccccc12. The summed E-state index contributed by atoms with van der Waals surface area (Å²) < 4.78 is 0. The van der Waals surface area contributed by atoms with Crippen LogP contribution in [0.2, 0.25) is 0 Å². The molecule has 110 valence electrons. The van der Waals surface area contributed by atoms with E-state index in [2.05, 4.69) is 12.1 Å². The summed E-state index contributed by atoms with van der Waals surface area (Å²) in [5.41, 5.74) is 1.03. The number of benzene rings is 2. The summed E-state index contributed by atoms with van der Waals surface area (Å²) in [5.74, 6) is -0.306. The Balaban J connectivity index is 1.68. The normalized spacial score (nSPS) is 24.1. The lowest BCUT2D eigenvalue weighted by Gasteiger charge is -2.16. The van der Waals surface area contributed by atoms with Gasteiger partial charge >= 0.3 is 0 Å². The number of imide groups is 1. The molecule has 2 atom stereocenters. The Labute approximate surface area is 129 Å². The van der Waals surface area contributed by atoms with Gasteiger partial charge in [-0.05, 0) is 29.2 Å². The first-order valence-corrected chi connectivity index (χ1v) is 7.72. The third-order valence-corrected chi connectivity index (χ3v) is 4.81. The first-order valence-electron chi connectivity index (χ1n) is 7.72. The van der Waals surface area contributed by atoms with Gasteiger partial charge in [-0.25, -0.2) is 0 Å². The van der Waals surface area contributed by atoms with Crippen LogP contribution in [0, 0.1) is 11.8 Å². The fourth-order valence-corrected chi connectivity index (χ4v) is 3.63. The van der Waals surface area contributed by atoms with Crippen LogP contribution in [-0.2, 0) is 16.1 Å². The zero-order valence-corrected chi connectivity index (χ0v) is 12.2. The minimum absolute atomic E-state index is 0.00714. The highest BCUT2D eigenvalue weighted by atomic mass is 16.2. The van der Waals surface area contributed by atoms with E-state index < -0.39 is 0 Å². The highest BCUT2D eigenvalue weighted by Crippen LogP contribution is 2.36. The smallest absolute Gasteiger partial charge is 0.233 e. The summed E-state index contributed by atoms with van der Waals surface area (Å²) in [4.78, 5) is 26.6. The molecule has 1 heterocycles. The molecule has 2 aromatic carbocycles. The average molecular weight is 291 g/mol. The minimum atomic E-state index is -0.146. The molecule has 2 aliphatic rings. The van der Waals surface area contributed by atoms with Crippen molar-refractivity contribution in [1.29, 1.82) is 0 Å². The lowest BCUT2D eigenvalue weighted by atomic mass is 9.85. The van der Waals surface area contributed by atoms with E-state index in [4.69, 9.17) is 0 Å². The number of allylic oxidation sites excluding steroid dienone is 2. The molecule has 3 heteroatoms. The van der Waals surface area contributed by atoms with E-state index in [0.29, 0.717) is 19.4 Å². The van der Waals surface area contributed by atoms with Crippen LogP contribution < -0.4 is 0 Å². The second kappa shape index (κ2) is 5.09. The number of likely N-dealkylation sites (tertiary alicyclic amines) is 1. The van der Waals surface area contributed by atoms with Crippen LogP contribution in [0.1, 0.15) is 18.4 Å². The number of rotatable bonds is 2. The van der Waals surface area contributed by atoms with Crippen molar-refractivity contribution in [3.05, 3.63) is 60.2 Å². The Morgan fingerprint density at radius 3 is 2.23 bits per heavy atom. The second-order valence-electron chi connectivity index (χ2n) is 6.06. The predicted molar refractivity (Wildman–Crippen MR) is 84.9 cm³/mol. The molecule has 4 rings (SSSR count). The Hall–Kier alpha value is -2.42. The van der Waals surface area contributed by atoms with Gasteiger partial charge in [0.1, 0.15) is 0 Å². The number of hydrogen-bond donors (Lipinski definition) is 0. The van der Waals surface area contributed by atoms with E-state index in [1.165, 1.54) is 4.90 Å². The first kappa shape index (κ1) is 13.3. The molecule has 1 aliphatic carbocycles. The zero-order chi connectivity index (χ0) is 15.1. The van der Waals surface area contributed by atoms with Crippen molar-refractivity contribution >= 4 is 22.6 Å². The monoisotopic (exact) mass is 291 g/mol. The van der Waals surface area contributed by atoms with Gasteiger partial charge in [0, 0.05) is 0 Å². The number of nitrogens with zero attached hydrogens (tertiary/aromatic N) is 1. The van der Waals surface area contributed by atoms with Gasteiger partial charge < -0.3 is 0 Å². The molecule has 1 aliphatic heterocycles. The van der Waals surface area contributed by atoms with Gasteiger partial charge in [-0.3, -0.25) is 14.5 Å². The summed E-state index contributed by atoms with van der Waals surface area (Å²) in [6.07, 6.45) is 5.43. The topological polar surface area (TPSA) is 37.4 Å². The van der Waals surface area contributed by atoms with Crippen LogP contribution >= 0.6 is 0 Å². The van der Waals surface area contributed by atoms with Gasteiger partial charge in [-0.1, -0.05) is 54.6 Å². The molecule has 3 nitrogen and oxygen atoms in total. The average Bonchev–Trinajstić information content (AvgIpc) is 2.81. The Morgan fingerprint density at radius 1 is 0.864 bits per heavy atom. The van der Waals surface area contributed by atoms with Gasteiger partial charge in [0.25, 0.3) is 0 Å². The number of carbonyl (C=O) groups excluding carboxylic acids is 2. The molecule has 0 bridgehead atoms. The van der Waals surface area contributed by atoms with Crippen LogP contribution in [0.5, 0.6) is 0 Å². The number of fused-ring (bicyclic) bond motifs is 2. The molecule has 2 aromatic rings. The van der Waals surface area contributed by atoms with Gasteiger partial charge in [0.2, 0.25) is 11.8 Å². The fraction of sp³-hybridized carbons (Fsp3) is 0.263. The van der Waals surface area contributed by atoms with Gasteiger partial charge in [-0.2, -0.15) is 0 Å². The van der Waals surface area contributed by atoms with Crippen molar-refractivity contribution < 1.29 is 9.59 Å². The highest BCUT2D eigenvalue weighted by Gasteiger charge is 2.46. The highest BCUT2D eigenvalue weighted by molar-refractivity contribution is 6.05. The number of carbonyl (C=O) groups is 2. The maximum Gasteiger partial charge on any atom is 0.233 e. The molecular formula is C19H17NO2. The van der Waals surface area contributed by atoms with Crippen molar-refractivity contribution in [2.45, 2.75) is 19.4 Å². The molecule has 22 heavy (non-hydrogen) atoms. The van der Waals surface area contributed by atoms with Crippen molar-refractivity contribution in [3.8, 4) is 0 Å². The van der Waals surface area contributed by atoms with E-state index in [0.717, 1.165) is 16.3 Å². The fourth-order valence-electron chi connectivity index (χ4n) is 3.63. The van der Waals surface area contributed by atoms with Crippen molar-refractivity contribution in [2.24, 2.45) is 11.8 Å². The quantitative estimate of drug-likeness (QED) is 0.629. The molecule has 0 N–H and O–H groups in total. The van der Waals surface area contributed by atoms with E-state index in [1.54, 1.807) is 0 Å². The van der Waals surface area contributed by atoms with Crippen LogP contribution in [0.3, 0.4) is 0 Å². The lowest BCUT2D eigenvalue weighted by molar-refractivity contribution is -0.140. The van der Waals surface area contributed by atoms with E-state index >= 15 is 0 Å². The van der Waals surface area contributed by atoms with Crippen molar-refractivity contribution in [1.82, 2.24) is 4.90 Å². The first-order chi connectivity index (χ1) is 10.8. The largest absolute Gasteiger partial charge is 0.278 e. The van der Waals surface area contributed by atoms with Gasteiger partial charge in [0.05, 0.1) is 18.4 Å².